The van der Waals surface area contributed by atoms with E-state index in [1.165, 1.54) is 24.3 Å². The fourth-order valence-corrected chi connectivity index (χ4v) is 3.10. The molecule has 0 bridgehead atoms. The van der Waals surface area contributed by atoms with Crippen LogP contribution in [0.5, 0.6) is 0 Å². The molecule has 1 atom stereocenters. The molecule has 23 heavy (non-hydrogen) atoms. The Morgan fingerprint density at radius 3 is 2.13 bits per heavy atom. The summed E-state index contributed by atoms with van der Waals surface area (Å²) in [6.07, 6.45) is -4.47. The van der Waals surface area contributed by atoms with Gasteiger partial charge in [-0.2, -0.15) is 13.2 Å². The van der Waals surface area contributed by atoms with Crippen LogP contribution in [0.1, 0.15) is 16.7 Å². The highest BCUT2D eigenvalue weighted by Gasteiger charge is 2.47. The number of carbonyl (C=O) groups is 1. The summed E-state index contributed by atoms with van der Waals surface area (Å²) in [5, 5.41) is 2.99. The van der Waals surface area contributed by atoms with E-state index in [2.05, 4.69) is 5.32 Å². The Hall–Kier alpha value is -1.43. The van der Waals surface area contributed by atoms with Crippen molar-refractivity contribution in [2.75, 3.05) is 5.32 Å². The van der Waals surface area contributed by atoms with Gasteiger partial charge in [-0.1, -0.05) is 46.9 Å². The van der Waals surface area contributed by atoms with Gasteiger partial charge < -0.3 is 5.32 Å². The van der Waals surface area contributed by atoms with E-state index >= 15 is 0 Å². The molecule has 0 saturated heterocycles. The maximum Gasteiger partial charge on any atom is 0.416 e. The van der Waals surface area contributed by atoms with E-state index in [4.69, 9.17) is 34.8 Å². The van der Waals surface area contributed by atoms with Crippen LogP contribution in [0.3, 0.4) is 0 Å². The molecule has 8 heteroatoms. The molecule has 0 fully saturated rings. The van der Waals surface area contributed by atoms with Gasteiger partial charge in [-0.15, -0.1) is 0 Å². The van der Waals surface area contributed by atoms with Gasteiger partial charge in [-0.05, 0) is 29.8 Å². The smallest absolute Gasteiger partial charge is 0.324 e. The molecule has 120 valence electrons. The average molecular weight is 381 g/mol. The second-order valence-electron chi connectivity index (χ2n) is 5.00. The van der Waals surface area contributed by atoms with Gasteiger partial charge >= 0.3 is 6.18 Å². The Kier molecular flexibility index (Phi) is 3.78. The standard InChI is InChI=1S/C15H7Cl3F3NO/c16-10-5-9-12(6-11(10)17)22-13(23)14(9,18)7-1-3-8(4-2-7)15(19,20)21/h1-6H,(H,22,23). The number of fused-ring (bicyclic) bond motifs is 1. The molecule has 0 saturated carbocycles. The van der Waals surface area contributed by atoms with E-state index in [-0.39, 0.29) is 15.6 Å². The molecule has 1 aliphatic heterocycles. The topological polar surface area (TPSA) is 29.1 Å². The first kappa shape index (κ1) is 16.4. The Labute approximate surface area is 144 Å². The Morgan fingerprint density at radius 2 is 1.57 bits per heavy atom. The highest BCUT2D eigenvalue weighted by Crippen LogP contribution is 2.48. The first-order valence-electron chi connectivity index (χ1n) is 6.31. The van der Waals surface area contributed by atoms with Crippen LogP contribution in [0.4, 0.5) is 18.9 Å². The molecule has 2 aromatic carbocycles. The number of hydrogen-bond acceptors (Lipinski definition) is 1. The van der Waals surface area contributed by atoms with Crippen molar-refractivity contribution >= 4 is 46.4 Å². The molecule has 2 aromatic rings. The third-order valence-corrected chi connectivity index (χ3v) is 4.92. The summed E-state index contributed by atoms with van der Waals surface area (Å²) in [7, 11) is 0. The van der Waals surface area contributed by atoms with Crippen LogP contribution in [-0.4, -0.2) is 5.91 Å². The minimum Gasteiger partial charge on any atom is -0.324 e. The summed E-state index contributed by atoms with van der Waals surface area (Å²) >= 11 is 18.3. The minimum absolute atomic E-state index is 0.193. The fourth-order valence-electron chi connectivity index (χ4n) is 2.44. The molecule has 2 nitrogen and oxygen atoms in total. The highest BCUT2D eigenvalue weighted by atomic mass is 35.5. The van der Waals surface area contributed by atoms with Gasteiger partial charge in [0.05, 0.1) is 15.6 Å². The maximum atomic E-state index is 12.7. The van der Waals surface area contributed by atoms with E-state index in [0.29, 0.717) is 11.3 Å². The summed E-state index contributed by atoms with van der Waals surface area (Å²) in [5.41, 5.74) is 0.105. The van der Waals surface area contributed by atoms with Gasteiger partial charge in [-0.3, -0.25) is 4.79 Å². The van der Waals surface area contributed by atoms with Crippen LogP contribution in [0, 0.1) is 0 Å². The Balaban J connectivity index is 2.13. The first-order chi connectivity index (χ1) is 10.6. The van der Waals surface area contributed by atoms with Gasteiger partial charge in [0.25, 0.3) is 5.91 Å². The fraction of sp³-hybridized carbons (Fsp3) is 0.133. The van der Waals surface area contributed by atoms with Crippen molar-refractivity contribution in [3.05, 3.63) is 63.1 Å². The lowest BCUT2D eigenvalue weighted by atomic mass is 9.91. The van der Waals surface area contributed by atoms with Gasteiger partial charge in [0, 0.05) is 11.3 Å². The minimum atomic E-state index is -4.47. The van der Waals surface area contributed by atoms with Crippen LogP contribution < -0.4 is 5.32 Å². The van der Waals surface area contributed by atoms with E-state index in [1.54, 1.807) is 0 Å². The number of halogens is 6. The van der Waals surface area contributed by atoms with Crippen molar-refractivity contribution in [3.63, 3.8) is 0 Å². The predicted octanol–water partition coefficient (Wildman–Crippen LogP) is 5.45. The molecule has 0 aliphatic carbocycles. The number of benzene rings is 2. The molecular formula is C15H7Cl3F3NO. The lowest BCUT2D eigenvalue weighted by Gasteiger charge is -2.21. The van der Waals surface area contributed by atoms with Crippen molar-refractivity contribution in [1.29, 1.82) is 0 Å². The zero-order valence-corrected chi connectivity index (χ0v) is 13.4. The molecule has 1 aliphatic rings. The van der Waals surface area contributed by atoms with Crippen LogP contribution in [0.25, 0.3) is 0 Å². The van der Waals surface area contributed by atoms with Crippen molar-refractivity contribution < 1.29 is 18.0 Å². The van der Waals surface area contributed by atoms with Gasteiger partial charge in [0.15, 0.2) is 4.87 Å². The number of rotatable bonds is 1. The Bertz CT molecular complexity index is 805. The van der Waals surface area contributed by atoms with Crippen molar-refractivity contribution in [2.24, 2.45) is 0 Å². The number of hydrogen-bond donors (Lipinski definition) is 1. The molecule has 0 aromatic heterocycles. The van der Waals surface area contributed by atoms with Gasteiger partial charge in [0.2, 0.25) is 0 Å². The predicted molar refractivity (Wildman–Crippen MR) is 83.2 cm³/mol. The normalized spacial score (nSPS) is 20.3. The summed E-state index contributed by atoms with van der Waals surface area (Å²) in [6, 6.07) is 6.98. The number of alkyl halides is 4. The van der Waals surface area contributed by atoms with Gasteiger partial charge in [-0.25, -0.2) is 0 Å². The summed E-state index contributed by atoms with van der Waals surface area (Å²) in [5.74, 6) is -0.577. The second kappa shape index (κ2) is 5.30. The summed E-state index contributed by atoms with van der Waals surface area (Å²) < 4.78 is 38.0. The number of anilines is 1. The monoisotopic (exact) mass is 379 g/mol. The van der Waals surface area contributed by atoms with E-state index < -0.39 is 22.5 Å². The first-order valence-corrected chi connectivity index (χ1v) is 7.45. The molecule has 1 amide bonds. The average Bonchev–Trinajstić information content (AvgIpc) is 2.72. The Morgan fingerprint density at radius 1 is 1.00 bits per heavy atom. The number of nitrogens with one attached hydrogen (secondary N) is 1. The van der Waals surface area contributed by atoms with E-state index in [9.17, 15) is 18.0 Å². The summed E-state index contributed by atoms with van der Waals surface area (Å²) in [4.78, 5) is 10.6. The van der Waals surface area contributed by atoms with E-state index in [0.717, 1.165) is 12.1 Å². The summed E-state index contributed by atoms with van der Waals surface area (Å²) in [6.45, 7) is 0. The lowest BCUT2D eigenvalue weighted by molar-refractivity contribution is -0.137. The molecule has 0 spiro atoms. The van der Waals surface area contributed by atoms with Crippen LogP contribution in [0.15, 0.2) is 36.4 Å². The quantitative estimate of drug-likeness (QED) is 0.655. The van der Waals surface area contributed by atoms with Crippen molar-refractivity contribution in [2.45, 2.75) is 11.1 Å². The maximum absolute atomic E-state index is 12.7. The van der Waals surface area contributed by atoms with Gasteiger partial charge in [0.1, 0.15) is 0 Å². The van der Waals surface area contributed by atoms with Crippen LogP contribution in [-0.2, 0) is 15.8 Å². The molecule has 1 heterocycles. The molecule has 1 N–H and O–H groups in total. The second-order valence-corrected chi connectivity index (χ2v) is 6.38. The van der Waals surface area contributed by atoms with Crippen molar-refractivity contribution in [1.82, 2.24) is 0 Å². The van der Waals surface area contributed by atoms with Crippen LogP contribution in [0.2, 0.25) is 10.0 Å². The largest absolute Gasteiger partial charge is 0.416 e. The number of amides is 1. The third-order valence-electron chi connectivity index (χ3n) is 3.60. The highest BCUT2D eigenvalue weighted by molar-refractivity contribution is 6.44. The molecule has 1 unspecified atom stereocenters. The van der Waals surface area contributed by atoms with Crippen molar-refractivity contribution in [3.8, 4) is 0 Å². The molecule has 3 rings (SSSR count). The zero-order chi connectivity index (χ0) is 17.0. The molecule has 0 radical (unpaired) electrons. The third kappa shape index (κ3) is 2.57. The lowest BCUT2D eigenvalue weighted by Crippen LogP contribution is -2.29. The molecular weight excluding hydrogens is 374 g/mol. The van der Waals surface area contributed by atoms with Crippen LogP contribution >= 0.6 is 34.8 Å². The zero-order valence-electron chi connectivity index (χ0n) is 11.1. The number of carbonyl (C=O) groups excluding carboxylic acids is 1. The SMILES string of the molecule is O=C1Nc2cc(Cl)c(Cl)cc2C1(Cl)c1ccc(C(F)(F)F)cc1. The van der Waals surface area contributed by atoms with E-state index in [1.807, 2.05) is 0 Å².